The van der Waals surface area contributed by atoms with E-state index in [0.29, 0.717) is 0 Å². The Bertz CT molecular complexity index is 64.4. The number of rotatable bonds is 5. The van der Waals surface area contributed by atoms with Gasteiger partial charge >= 0.3 is 0 Å². The molecule has 54 valence electrons. The van der Waals surface area contributed by atoms with E-state index in [0.717, 1.165) is 5.92 Å². The summed E-state index contributed by atoms with van der Waals surface area (Å²) in [6.45, 7) is 8.24. The smallest absolute Gasteiger partial charge is 0.0353 e. The van der Waals surface area contributed by atoms with E-state index < -0.39 is 0 Å². The predicted molar refractivity (Wildman–Crippen MR) is 43.5 cm³/mol. The van der Waals surface area contributed by atoms with E-state index in [-0.39, 0.29) is 0 Å². The van der Waals surface area contributed by atoms with Crippen molar-refractivity contribution in [2.75, 3.05) is 0 Å². The summed E-state index contributed by atoms with van der Waals surface area (Å²) in [6, 6.07) is 0. The third kappa shape index (κ3) is 5.61. The first-order valence-electron chi connectivity index (χ1n) is 3.92. The summed E-state index contributed by atoms with van der Waals surface area (Å²) in [5.41, 5.74) is 0. The zero-order valence-corrected chi connectivity index (χ0v) is 6.69. The van der Waals surface area contributed by atoms with Crippen molar-refractivity contribution in [3.05, 3.63) is 12.7 Å². The molecule has 0 heterocycles. The topological polar surface area (TPSA) is 0 Å². The molecule has 0 heteroatoms. The number of unbranched alkanes of at least 4 members (excludes halogenated alkanes) is 1. The molecule has 0 aromatic rings. The Morgan fingerprint density at radius 1 is 1.56 bits per heavy atom. The Kier molecular flexibility index (Phi) is 5.70. The second kappa shape index (κ2) is 5.87. The Morgan fingerprint density at radius 3 is 2.67 bits per heavy atom. The molecule has 0 nitrogen and oxygen atoms in total. The number of hydrogen-bond donors (Lipinski definition) is 0. The van der Waals surface area contributed by atoms with Gasteiger partial charge in [0.1, 0.15) is 0 Å². The van der Waals surface area contributed by atoms with Crippen molar-refractivity contribution < 1.29 is 0 Å². The molecule has 0 aromatic carbocycles. The molecule has 0 unspecified atom stereocenters. The van der Waals surface area contributed by atoms with Crippen LogP contribution in [-0.4, -0.2) is 0 Å². The minimum absolute atomic E-state index is 0.907. The van der Waals surface area contributed by atoms with Crippen LogP contribution in [0.3, 0.4) is 0 Å². The third-order valence-corrected chi connectivity index (χ3v) is 1.80. The summed E-state index contributed by atoms with van der Waals surface area (Å²) in [5.74, 6) is 0.907. The first-order chi connectivity index (χ1) is 4.31. The summed E-state index contributed by atoms with van der Waals surface area (Å²) >= 11 is 0. The molecule has 0 amide bonds. The molecule has 9 heavy (non-hydrogen) atoms. The van der Waals surface area contributed by atoms with Crippen molar-refractivity contribution in [2.24, 2.45) is 5.92 Å². The second-order valence-corrected chi connectivity index (χ2v) is 2.73. The Balaban J connectivity index is 2.96. The van der Waals surface area contributed by atoms with Crippen LogP contribution in [-0.2, 0) is 0 Å². The zero-order chi connectivity index (χ0) is 7.11. The maximum Gasteiger partial charge on any atom is -0.0353 e. The highest BCUT2D eigenvalue weighted by atomic mass is 14.0. The van der Waals surface area contributed by atoms with E-state index in [1.165, 1.54) is 25.7 Å². The lowest BCUT2D eigenvalue weighted by Gasteiger charge is -2.04. The van der Waals surface area contributed by atoms with E-state index in [1.807, 2.05) is 6.08 Å². The van der Waals surface area contributed by atoms with Gasteiger partial charge in [0.15, 0.2) is 0 Å². The minimum Gasteiger partial charge on any atom is -0.103 e. The summed E-state index contributed by atoms with van der Waals surface area (Å²) in [4.78, 5) is 0. The maximum atomic E-state index is 3.68. The molecule has 0 aliphatic heterocycles. The highest BCUT2D eigenvalue weighted by Crippen LogP contribution is 2.10. The standard InChI is InChI=1S/C9H18/c1-4-6-7-8-9(3)5-2/h4,9H,1,5-8H2,2-3H3/t9-/m0/s1. The van der Waals surface area contributed by atoms with Crippen LogP contribution in [0.1, 0.15) is 39.5 Å². The fourth-order valence-electron chi connectivity index (χ4n) is 0.815. The lowest BCUT2D eigenvalue weighted by molar-refractivity contribution is 0.498. The highest BCUT2D eigenvalue weighted by molar-refractivity contribution is 4.66. The number of hydrogen-bond acceptors (Lipinski definition) is 0. The van der Waals surface area contributed by atoms with Crippen LogP contribution >= 0.6 is 0 Å². The van der Waals surface area contributed by atoms with Gasteiger partial charge in [-0.2, -0.15) is 0 Å². The molecule has 0 N–H and O–H groups in total. The first kappa shape index (κ1) is 8.74. The van der Waals surface area contributed by atoms with E-state index in [9.17, 15) is 0 Å². The van der Waals surface area contributed by atoms with Crippen molar-refractivity contribution in [3.63, 3.8) is 0 Å². The van der Waals surface area contributed by atoms with Gasteiger partial charge in [-0.15, -0.1) is 6.58 Å². The van der Waals surface area contributed by atoms with Crippen molar-refractivity contribution in [2.45, 2.75) is 39.5 Å². The maximum absolute atomic E-state index is 3.68. The van der Waals surface area contributed by atoms with E-state index in [1.54, 1.807) is 0 Å². The van der Waals surface area contributed by atoms with Crippen LogP contribution in [0.15, 0.2) is 12.7 Å². The van der Waals surface area contributed by atoms with Gasteiger partial charge in [0.2, 0.25) is 0 Å². The van der Waals surface area contributed by atoms with Crippen molar-refractivity contribution in [1.82, 2.24) is 0 Å². The molecule has 0 aliphatic carbocycles. The van der Waals surface area contributed by atoms with Gasteiger partial charge in [0.25, 0.3) is 0 Å². The molecule has 1 atom stereocenters. The summed E-state index contributed by atoms with van der Waals surface area (Å²) in [5, 5.41) is 0. The predicted octanol–water partition coefficient (Wildman–Crippen LogP) is 3.39. The van der Waals surface area contributed by atoms with Gasteiger partial charge in [-0.1, -0.05) is 32.8 Å². The van der Waals surface area contributed by atoms with Crippen molar-refractivity contribution >= 4 is 0 Å². The monoisotopic (exact) mass is 126 g/mol. The second-order valence-electron chi connectivity index (χ2n) is 2.73. The molecule has 0 rings (SSSR count). The lowest BCUT2D eigenvalue weighted by atomic mass is 10.0. The van der Waals surface area contributed by atoms with Crippen molar-refractivity contribution in [1.29, 1.82) is 0 Å². The molecule has 0 saturated carbocycles. The Hall–Kier alpha value is -0.260. The van der Waals surface area contributed by atoms with Gasteiger partial charge in [-0.3, -0.25) is 0 Å². The molecule has 0 radical (unpaired) electrons. The fourth-order valence-corrected chi connectivity index (χ4v) is 0.815. The van der Waals surface area contributed by atoms with E-state index in [4.69, 9.17) is 0 Å². The van der Waals surface area contributed by atoms with E-state index in [2.05, 4.69) is 20.4 Å². The average Bonchev–Trinajstić information content (AvgIpc) is 1.89. The molecule has 0 fully saturated rings. The number of allylic oxidation sites excluding steroid dienone is 1. The van der Waals surface area contributed by atoms with Gasteiger partial charge in [-0.25, -0.2) is 0 Å². The Labute approximate surface area is 59.0 Å². The van der Waals surface area contributed by atoms with Gasteiger partial charge in [0.05, 0.1) is 0 Å². The lowest BCUT2D eigenvalue weighted by Crippen LogP contribution is -1.90. The van der Waals surface area contributed by atoms with Crippen LogP contribution < -0.4 is 0 Å². The molecular formula is C9H18. The molecule has 0 aliphatic rings. The van der Waals surface area contributed by atoms with Gasteiger partial charge < -0.3 is 0 Å². The molecular weight excluding hydrogens is 108 g/mol. The van der Waals surface area contributed by atoms with Crippen LogP contribution in [0.4, 0.5) is 0 Å². The summed E-state index contributed by atoms with van der Waals surface area (Å²) < 4.78 is 0. The quantitative estimate of drug-likeness (QED) is 0.391. The largest absolute Gasteiger partial charge is 0.103 e. The third-order valence-electron chi connectivity index (χ3n) is 1.80. The van der Waals surface area contributed by atoms with Crippen molar-refractivity contribution in [3.8, 4) is 0 Å². The van der Waals surface area contributed by atoms with Gasteiger partial charge in [-0.05, 0) is 18.8 Å². The Morgan fingerprint density at radius 2 is 2.22 bits per heavy atom. The minimum atomic E-state index is 0.907. The SMILES string of the molecule is C=CCCC[C@@H](C)CC. The summed E-state index contributed by atoms with van der Waals surface area (Å²) in [7, 11) is 0. The highest BCUT2D eigenvalue weighted by Gasteiger charge is 1.95. The zero-order valence-electron chi connectivity index (χ0n) is 6.69. The average molecular weight is 126 g/mol. The molecule has 0 saturated heterocycles. The molecule has 0 aromatic heterocycles. The van der Waals surface area contributed by atoms with E-state index >= 15 is 0 Å². The normalized spacial score (nSPS) is 13.1. The fraction of sp³-hybridized carbons (Fsp3) is 0.778. The van der Waals surface area contributed by atoms with Crippen LogP contribution in [0.5, 0.6) is 0 Å². The van der Waals surface area contributed by atoms with Gasteiger partial charge in [0, 0.05) is 0 Å². The van der Waals surface area contributed by atoms with Crippen LogP contribution in [0.2, 0.25) is 0 Å². The molecule has 0 bridgehead atoms. The first-order valence-corrected chi connectivity index (χ1v) is 3.92. The van der Waals surface area contributed by atoms with Crippen LogP contribution in [0, 0.1) is 5.92 Å². The summed E-state index contributed by atoms with van der Waals surface area (Å²) in [6.07, 6.45) is 7.19. The molecule has 0 spiro atoms. The van der Waals surface area contributed by atoms with Crippen LogP contribution in [0.25, 0.3) is 0 Å².